The van der Waals surface area contributed by atoms with Gasteiger partial charge in [0.2, 0.25) is 0 Å². The third-order valence-electron chi connectivity index (χ3n) is 6.40. The van der Waals surface area contributed by atoms with Crippen LogP contribution in [0.3, 0.4) is 0 Å². The number of rotatable bonds is 8. The van der Waals surface area contributed by atoms with Crippen molar-refractivity contribution in [3.8, 4) is 11.5 Å². The smallest absolute Gasteiger partial charge is 0.257 e. The van der Waals surface area contributed by atoms with E-state index in [1.807, 2.05) is 19.1 Å². The zero-order valence-corrected chi connectivity index (χ0v) is 21.7. The number of hydrogen-bond acceptors (Lipinski definition) is 5. The molecule has 0 radical (unpaired) electrons. The molecule has 176 valence electrons. The van der Waals surface area contributed by atoms with Gasteiger partial charge in [0.25, 0.3) is 5.89 Å². The number of aliphatic imine (C=N–C) groups is 1. The lowest BCUT2D eigenvalue weighted by Gasteiger charge is -2.24. The third-order valence-corrected chi connectivity index (χ3v) is 6.40. The highest BCUT2D eigenvalue weighted by atomic mass is 127. The topological polar surface area (TPSA) is 78.6 Å². The van der Waals surface area contributed by atoms with Gasteiger partial charge in [0.15, 0.2) is 11.8 Å². The molecule has 2 aromatic rings. The van der Waals surface area contributed by atoms with Gasteiger partial charge in [-0.15, -0.1) is 24.0 Å². The van der Waals surface area contributed by atoms with Crippen LogP contribution in [0.1, 0.15) is 57.3 Å². The minimum Gasteiger partial charge on any atom is -0.357 e. The summed E-state index contributed by atoms with van der Waals surface area (Å²) in [6.07, 6.45) is 8.45. The van der Waals surface area contributed by atoms with Gasteiger partial charge in [0.05, 0.1) is 0 Å². The molecular weight excluding hydrogens is 515 g/mol. The minimum absolute atomic E-state index is 0. The van der Waals surface area contributed by atoms with Crippen molar-refractivity contribution in [1.82, 2.24) is 25.7 Å². The van der Waals surface area contributed by atoms with Crippen molar-refractivity contribution in [1.29, 1.82) is 0 Å². The zero-order valence-electron chi connectivity index (χ0n) is 19.3. The molecule has 2 fully saturated rings. The average Bonchev–Trinajstić information content (AvgIpc) is 3.55. The number of hydrogen-bond donors (Lipinski definition) is 2. The second-order valence-electron chi connectivity index (χ2n) is 8.64. The van der Waals surface area contributed by atoms with Gasteiger partial charge in [-0.05, 0) is 50.3 Å². The molecule has 1 aromatic heterocycles. The van der Waals surface area contributed by atoms with Crippen LogP contribution in [-0.2, 0) is 12.8 Å². The third kappa shape index (κ3) is 6.66. The molecule has 4 rings (SSSR count). The molecule has 32 heavy (non-hydrogen) atoms. The van der Waals surface area contributed by atoms with E-state index in [1.165, 1.54) is 44.2 Å². The number of aromatic nitrogens is 2. The Morgan fingerprint density at radius 3 is 2.62 bits per heavy atom. The van der Waals surface area contributed by atoms with E-state index < -0.39 is 0 Å². The highest BCUT2D eigenvalue weighted by Crippen LogP contribution is 2.26. The largest absolute Gasteiger partial charge is 0.357 e. The average molecular weight is 553 g/mol. The molecule has 2 aliphatic rings. The van der Waals surface area contributed by atoms with E-state index >= 15 is 0 Å². The number of halogens is 1. The number of nitrogens with zero attached hydrogens (tertiary/aromatic N) is 4. The van der Waals surface area contributed by atoms with Crippen molar-refractivity contribution >= 4 is 29.9 Å². The van der Waals surface area contributed by atoms with Crippen LogP contribution in [0, 0.1) is 0 Å². The summed E-state index contributed by atoms with van der Waals surface area (Å²) in [6.45, 7) is 8.14. The first kappa shape index (κ1) is 25.0. The first-order valence-electron chi connectivity index (χ1n) is 12.0. The Kier molecular flexibility index (Phi) is 9.77. The van der Waals surface area contributed by atoms with Gasteiger partial charge in [-0.1, -0.05) is 37.1 Å². The van der Waals surface area contributed by atoms with Crippen LogP contribution in [0.2, 0.25) is 0 Å². The van der Waals surface area contributed by atoms with Crippen molar-refractivity contribution in [2.45, 2.75) is 70.9 Å². The van der Waals surface area contributed by atoms with Gasteiger partial charge >= 0.3 is 0 Å². The molecule has 2 N–H and O–H groups in total. The summed E-state index contributed by atoms with van der Waals surface area (Å²) >= 11 is 0. The van der Waals surface area contributed by atoms with Crippen LogP contribution in [-0.4, -0.2) is 59.3 Å². The summed E-state index contributed by atoms with van der Waals surface area (Å²) in [5.74, 6) is 2.27. The SMILES string of the molecule is CCNC(=NCCc1ccc(-c2nc(CC)no2)cc1)NC1CCN(C2CCCC2)C1.I. The summed E-state index contributed by atoms with van der Waals surface area (Å²) in [5, 5.41) is 11.0. The number of nitrogens with one attached hydrogen (secondary N) is 2. The predicted octanol–water partition coefficient (Wildman–Crippen LogP) is 4.03. The molecule has 1 aliphatic heterocycles. The number of aryl methyl sites for hydroxylation is 1. The van der Waals surface area contributed by atoms with Crippen LogP contribution in [0.25, 0.3) is 11.5 Å². The van der Waals surface area contributed by atoms with E-state index in [0.29, 0.717) is 11.9 Å². The summed E-state index contributed by atoms with van der Waals surface area (Å²) in [4.78, 5) is 11.9. The fourth-order valence-electron chi connectivity index (χ4n) is 4.65. The van der Waals surface area contributed by atoms with Crippen LogP contribution in [0.15, 0.2) is 33.8 Å². The van der Waals surface area contributed by atoms with Gasteiger partial charge in [-0.25, -0.2) is 0 Å². The second-order valence-corrected chi connectivity index (χ2v) is 8.64. The van der Waals surface area contributed by atoms with Crippen molar-refractivity contribution in [2.75, 3.05) is 26.2 Å². The van der Waals surface area contributed by atoms with Crippen molar-refractivity contribution in [3.05, 3.63) is 35.7 Å². The maximum Gasteiger partial charge on any atom is 0.257 e. The van der Waals surface area contributed by atoms with Crippen LogP contribution < -0.4 is 10.6 Å². The Labute approximate surface area is 208 Å². The lowest BCUT2D eigenvalue weighted by molar-refractivity contribution is 0.242. The van der Waals surface area contributed by atoms with Crippen molar-refractivity contribution in [2.24, 2.45) is 4.99 Å². The molecular formula is C24H37IN6O. The quantitative estimate of drug-likeness (QED) is 0.293. The van der Waals surface area contributed by atoms with Gasteiger partial charge < -0.3 is 15.2 Å². The number of likely N-dealkylation sites (tertiary alicyclic amines) is 1. The summed E-state index contributed by atoms with van der Waals surface area (Å²) in [7, 11) is 0. The Hall–Kier alpha value is -1.68. The van der Waals surface area contributed by atoms with E-state index in [1.54, 1.807) is 0 Å². The lowest BCUT2D eigenvalue weighted by Crippen LogP contribution is -2.45. The first-order chi connectivity index (χ1) is 15.2. The Bertz CT molecular complexity index is 846. The van der Waals surface area contributed by atoms with Gasteiger partial charge in [-0.2, -0.15) is 4.98 Å². The predicted molar refractivity (Wildman–Crippen MR) is 140 cm³/mol. The minimum atomic E-state index is 0. The molecule has 0 bridgehead atoms. The summed E-state index contributed by atoms with van der Waals surface area (Å²) < 4.78 is 5.32. The summed E-state index contributed by atoms with van der Waals surface area (Å²) in [5.41, 5.74) is 2.22. The van der Waals surface area contributed by atoms with Crippen LogP contribution in [0.4, 0.5) is 0 Å². The van der Waals surface area contributed by atoms with Gasteiger partial charge in [-0.3, -0.25) is 9.89 Å². The fraction of sp³-hybridized carbons (Fsp3) is 0.625. The maximum atomic E-state index is 5.32. The molecule has 1 unspecified atom stereocenters. The molecule has 7 nitrogen and oxygen atoms in total. The van der Waals surface area contributed by atoms with Gasteiger partial charge in [0.1, 0.15) is 0 Å². The van der Waals surface area contributed by atoms with E-state index in [4.69, 9.17) is 9.52 Å². The van der Waals surface area contributed by atoms with Crippen molar-refractivity contribution < 1.29 is 4.52 Å². The highest BCUT2D eigenvalue weighted by Gasteiger charge is 2.30. The van der Waals surface area contributed by atoms with E-state index in [2.05, 4.69) is 44.7 Å². The van der Waals surface area contributed by atoms with E-state index in [-0.39, 0.29) is 24.0 Å². The van der Waals surface area contributed by atoms with E-state index in [9.17, 15) is 0 Å². The standard InChI is InChI=1S/C24H36N6O.HI/c1-3-22-28-23(31-29-22)19-11-9-18(10-12-19)13-15-26-24(25-4-2)27-20-14-16-30(17-20)21-7-5-6-8-21;/h9-12,20-21H,3-8,13-17H2,1-2H3,(H2,25,26,27);1H. The molecule has 1 saturated carbocycles. The molecule has 0 spiro atoms. The molecule has 2 heterocycles. The molecule has 8 heteroatoms. The summed E-state index contributed by atoms with van der Waals surface area (Å²) in [6, 6.07) is 9.65. The first-order valence-corrected chi connectivity index (χ1v) is 12.0. The van der Waals surface area contributed by atoms with E-state index in [0.717, 1.165) is 55.9 Å². The maximum absolute atomic E-state index is 5.32. The van der Waals surface area contributed by atoms with Crippen molar-refractivity contribution in [3.63, 3.8) is 0 Å². The van der Waals surface area contributed by atoms with Crippen LogP contribution >= 0.6 is 24.0 Å². The monoisotopic (exact) mass is 552 g/mol. The fourth-order valence-corrected chi connectivity index (χ4v) is 4.65. The number of benzene rings is 1. The van der Waals surface area contributed by atoms with Gasteiger partial charge in [0, 0.05) is 50.2 Å². The zero-order chi connectivity index (χ0) is 21.5. The molecule has 1 atom stereocenters. The highest BCUT2D eigenvalue weighted by molar-refractivity contribution is 14.0. The lowest BCUT2D eigenvalue weighted by atomic mass is 10.1. The molecule has 1 saturated heterocycles. The molecule has 0 amide bonds. The Morgan fingerprint density at radius 2 is 1.94 bits per heavy atom. The Morgan fingerprint density at radius 1 is 1.16 bits per heavy atom. The molecule has 1 aromatic carbocycles. The number of guanidine groups is 1. The normalized spacial score (nSPS) is 19.8. The Balaban J connectivity index is 0.00000289. The van der Waals surface area contributed by atoms with Crippen LogP contribution in [0.5, 0.6) is 0 Å². The molecule has 1 aliphatic carbocycles. The second kappa shape index (κ2) is 12.5.